The number of aromatic nitrogens is 1. The second kappa shape index (κ2) is 5.35. The SMILES string of the molecule is CN(C)c1ccc(C(=O)NCC2CC(O)C2)cn1. The number of nitrogens with zero attached hydrogens (tertiary/aromatic N) is 2. The van der Waals surface area contributed by atoms with Crippen molar-refractivity contribution in [2.24, 2.45) is 5.92 Å². The van der Waals surface area contributed by atoms with Crippen molar-refractivity contribution in [2.45, 2.75) is 18.9 Å². The maximum atomic E-state index is 11.8. The molecule has 0 aliphatic heterocycles. The number of hydrogen-bond acceptors (Lipinski definition) is 4. The molecule has 0 spiro atoms. The Labute approximate surface area is 107 Å². The number of amides is 1. The van der Waals surface area contributed by atoms with E-state index < -0.39 is 0 Å². The third-order valence-corrected chi connectivity index (χ3v) is 3.23. The molecule has 18 heavy (non-hydrogen) atoms. The summed E-state index contributed by atoms with van der Waals surface area (Å²) in [4.78, 5) is 17.9. The zero-order valence-corrected chi connectivity index (χ0v) is 10.8. The Hall–Kier alpha value is -1.62. The van der Waals surface area contributed by atoms with Crippen LogP contribution < -0.4 is 10.2 Å². The van der Waals surface area contributed by atoms with Gasteiger partial charge in [-0.2, -0.15) is 0 Å². The number of aliphatic hydroxyl groups excluding tert-OH is 1. The maximum absolute atomic E-state index is 11.8. The van der Waals surface area contributed by atoms with Gasteiger partial charge in [-0.15, -0.1) is 0 Å². The van der Waals surface area contributed by atoms with Crippen LogP contribution in [0, 0.1) is 5.92 Å². The molecule has 0 aromatic carbocycles. The maximum Gasteiger partial charge on any atom is 0.252 e. The standard InChI is InChI=1S/C13H19N3O2/c1-16(2)12-4-3-10(8-14-12)13(18)15-7-9-5-11(17)6-9/h3-4,8-9,11,17H,5-7H2,1-2H3,(H,15,18). The van der Waals surface area contributed by atoms with E-state index in [1.165, 1.54) is 0 Å². The predicted molar refractivity (Wildman–Crippen MR) is 69.6 cm³/mol. The molecule has 1 heterocycles. The van der Waals surface area contributed by atoms with E-state index in [1.54, 1.807) is 12.3 Å². The van der Waals surface area contributed by atoms with Crippen LogP contribution in [-0.4, -0.2) is 42.7 Å². The summed E-state index contributed by atoms with van der Waals surface area (Å²) in [5.74, 6) is 1.14. The van der Waals surface area contributed by atoms with Gasteiger partial charge in [0.15, 0.2) is 0 Å². The van der Waals surface area contributed by atoms with Crippen molar-refractivity contribution in [3.63, 3.8) is 0 Å². The molecule has 0 unspecified atom stereocenters. The van der Waals surface area contributed by atoms with E-state index in [9.17, 15) is 4.79 Å². The molecule has 1 saturated carbocycles. The number of nitrogens with one attached hydrogen (secondary N) is 1. The number of aliphatic hydroxyl groups is 1. The Bertz CT molecular complexity index is 411. The first-order valence-corrected chi connectivity index (χ1v) is 6.16. The first kappa shape index (κ1) is 12.8. The minimum Gasteiger partial charge on any atom is -0.393 e. The van der Waals surface area contributed by atoms with E-state index in [4.69, 9.17) is 5.11 Å². The molecule has 2 rings (SSSR count). The van der Waals surface area contributed by atoms with Crippen molar-refractivity contribution in [1.82, 2.24) is 10.3 Å². The fourth-order valence-electron chi connectivity index (χ4n) is 1.99. The lowest BCUT2D eigenvalue weighted by Gasteiger charge is -2.31. The van der Waals surface area contributed by atoms with Crippen molar-refractivity contribution in [3.05, 3.63) is 23.9 Å². The minimum atomic E-state index is -0.173. The highest BCUT2D eigenvalue weighted by Crippen LogP contribution is 2.26. The van der Waals surface area contributed by atoms with Gasteiger partial charge in [-0.25, -0.2) is 4.98 Å². The monoisotopic (exact) mass is 249 g/mol. The summed E-state index contributed by atoms with van der Waals surface area (Å²) < 4.78 is 0. The van der Waals surface area contributed by atoms with Gasteiger partial charge in [0, 0.05) is 26.8 Å². The largest absolute Gasteiger partial charge is 0.393 e. The van der Waals surface area contributed by atoms with Crippen LogP contribution in [0.1, 0.15) is 23.2 Å². The number of carbonyl (C=O) groups excluding carboxylic acids is 1. The Morgan fingerprint density at radius 1 is 1.50 bits per heavy atom. The van der Waals surface area contributed by atoms with Gasteiger partial charge in [0.2, 0.25) is 0 Å². The van der Waals surface area contributed by atoms with Gasteiger partial charge in [-0.3, -0.25) is 4.79 Å². The molecule has 5 heteroatoms. The fraction of sp³-hybridized carbons (Fsp3) is 0.538. The number of rotatable bonds is 4. The lowest BCUT2D eigenvalue weighted by Crippen LogP contribution is -2.38. The quantitative estimate of drug-likeness (QED) is 0.822. The van der Waals surface area contributed by atoms with Crippen molar-refractivity contribution < 1.29 is 9.90 Å². The number of anilines is 1. The molecule has 1 aliphatic carbocycles. The third-order valence-electron chi connectivity index (χ3n) is 3.23. The predicted octanol–water partition coefficient (Wildman–Crippen LogP) is 0.648. The Morgan fingerprint density at radius 2 is 2.22 bits per heavy atom. The Balaban J connectivity index is 1.84. The Morgan fingerprint density at radius 3 is 2.72 bits per heavy atom. The van der Waals surface area contributed by atoms with Gasteiger partial charge < -0.3 is 15.3 Å². The second-order valence-corrected chi connectivity index (χ2v) is 5.00. The van der Waals surface area contributed by atoms with Gasteiger partial charge in [0.25, 0.3) is 5.91 Å². The van der Waals surface area contributed by atoms with E-state index in [2.05, 4.69) is 10.3 Å². The van der Waals surface area contributed by atoms with E-state index in [0.29, 0.717) is 18.0 Å². The molecule has 5 nitrogen and oxygen atoms in total. The highest BCUT2D eigenvalue weighted by molar-refractivity contribution is 5.94. The fourth-order valence-corrected chi connectivity index (χ4v) is 1.99. The van der Waals surface area contributed by atoms with E-state index in [0.717, 1.165) is 18.7 Å². The van der Waals surface area contributed by atoms with Crippen LogP contribution in [0.15, 0.2) is 18.3 Å². The molecule has 98 valence electrons. The van der Waals surface area contributed by atoms with Crippen molar-refractivity contribution in [1.29, 1.82) is 0 Å². The van der Waals surface area contributed by atoms with E-state index >= 15 is 0 Å². The third kappa shape index (κ3) is 2.98. The van der Waals surface area contributed by atoms with Crippen LogP contribution in [0.2, 0.25) is 0 Å². The summed E-state index contributed by atoms with van der Waals surface area (Å²) in [6.07, 6.45) is 2.99. The van der Waals surface area contributed by atoms with Crippen molar-refractivity contribution >= 4 is 11.7 Å². The highest BCUT2D eigenvalue weighted by Gasteiger charge is 2.27. The summed E-state index contributed by atoms with van der Waals surface area (Å²) in [5, 5.41) is 12.0. The molecule has 1 fully saturated rings. The van der Waals surface area contributed by atoms with Crippen LogP contribution in [0.3, 0.4) is 0 Å². The van der Waals surface area contributed by atoms with E-state index in [-0.39, 0.29) is 12.0 Å². The average molecular weight is 249 g/mol. The minimum absolute atomic E-state index is 0.103. The smallest absolute Gasteiger partial charge is 0.252 e. The molecule has 1 aromatic rings. The van der Waals surface area contributed by atoms with Crippen molar-refractivity contribution in [3.8, 4) is 0 Å². The lowest BCUT2D eigenvalue weighted by molar-refractivity contribution is 0.0420. The van der Waals surface area contributed by atoms with Gasteiger partial charge in [0.1, 0.15) is 5.82 Å². The highest BCUT2D eigenvalue weighted by atomic mass is 16.3. The number of hydrogen-bond donors (Lipinski definition) is 2. The van der Waals surface area contributed by atoms with Crippen LogP contribution in [-0.2, 0) is 0 Å². The molecular formula is C13H19N3O2. The zero-order valence-electron chi connectivity index (χ0n) is 10.8. The van der Waals surface area contributed by atoms with Gasteiger partial charge in [-0.05, 0) is 30.9 Å². The first-order valence-electron chi connectivity index (χ1n) is 6.16. The molecule has 1 aromatic heterocycles. The Kier molecular flexibility index (Phi) is 3.81. The van der Waals surface area contributed by atoms with Crippen LogP contribution >= 0.6 is 0 Å². The average Bonchev–Trinajstić information content (AvgIpc) is 2.33. The van der Waals surface area contributed by atoms with Crippen LogP contribution in [0.25, 0.3) is 0 Å². The summed E-state index contributed by atoms with van der Waals surface area (Å²) in [6, 6.07) is 3.59. The first-order chi connectivity index (χ1) is 8.56. The van der Waals surface area contributed by atoms with Crippen LogP contribution in [0.4, 0.5) is 5.82 Å². The normalized spacial score (nSPS) is 22.2. The molecule has 2 N–H and O–H groups in total. The van der Waals surface area contributed by atoms with Gasteiger partial charge in [0.05, 0.1) is 11.7 Å². The topological polar surface area (TPSA) is 65.5 Å². The van der Waals surface area contributed by atoms with Crippen LogP contribution in [0.5, 0.6) is 0 Å². The summed E-state index contributed by atoms with van der Waals surface area (Å²) in [7, 11) is 3.81. The molecule has 1 aliphatic rings. The number of pyridine rings is 1. The van der Waals surface area contributed by atoms with E-state index in [1.807, 2.05) is 25.1 Å². The summed E-state index contributed by atoms with van der Waals surface area (Å²) in [6.45, 7) is 0.630. The van der Waals surface area contributed by atoms with Gasteiger partial charge >= 0.3 is 0 Å². The summed E-state index contributed by atoms with van der Waals surface area (Å²) >= 11 is 0. The lowest BCUT2D eigenvalue weighted by atomic mass is 9.82. The molecule has 0 bridgehead atoms. The van der Waals surface area contributed by atoms with Crippen molar-refractivity contribution in [2.75, 3.05) is 25.5 Å². The molecular weight excluding hydrogens is 230 g/mol. The molecule has 0 radical (unpaired) electrons. The van der Waals surface area contributed by atoms with Gasteiger partial charge in [-0.1, -0.05) is 0 Å². The molecule has 1 amide bonds. The summed E-state index contributed by atoms with van der Waals surface area (Å²) in [5.41, 5.74) is 0.570. The molecule has 0 saturated heterocycles. The zero-order chi connectivity index (χ0) is 13.1. The number of carbonyl (C=O) groups is 1. The molecule has 0 atom stereocenters. The second-order valence-electron chi connectivity index (χ2n) is 5.00.